The van der Waals surface area contributed by atoms with E-state index in [1.165, 1.54) is 6.07 Å². The lowest BCUT2D eigenvalue weighted by Gasteiger charge is -2.26. The summed E-state index contributed by atoms with van der Waals surface area (Å²) in [6, 6.07) is 7.30. The Balaban J connectivity index is 1.99. The molecule has 0 saturated heterocycles. The molecule has 0 aliphatic heterocycles. The van der Waals surface area contributed by atoms with E-state index < -0.39 is 12.2 Å². The molecule has 1 aliphatic carbocycles. The third kappa shape index (κ3) is 4.24. The molecule has 0 radical (unpaired) electrons. The summed E-state index contributed by atoms with van der Waals surface area (Å²) < 4.78 is 26.3. The molecule has 0 bridgehead atoms. The number of carbonyl (C=O) groups is 1. The lowest BCUT2D eigenvalue weighted by molar-refractivity contribution is 0.0391. The van der Waals surface area contributed by atoms with Gasteiger partial charge in [0.2, 0.25) is 0 Å². The van der Waals surface area contributed by atoms with Crippen LogP contribution in [0, 0.1) is 25.1 Å². The van der Waals surface area contributed by atoms with Gasteiger partial charge in [0.15, 0.2) is 0 Å². The van der Waals surface area contributed by atoms with Gasteiger partial charge in [-0.25, -0.2) is 9.18 Å². The minimum atomic E-state index is -0.842. The van der Waals surface area contributed by atoms with Crippen LogP contribution in [0.3, 0.4) is 0 Å². The first-order chi connectivity index (χ1) is 13.6. The van der Waals surface area contributed by atoms with E-state index in [0.717, 1.165) is 40.8 Å². The summed E-state index contributed by atoms with van der Waals surface area (Å²) in [6.45, 7) is 10.8. The summed E-state index contributed by atoms with van der Waals surface area (Å²) in [7, 11) is 0. The highest BCUT2D eigenvalue weighted by Crippen LogP contribution is 2.49. The molecule has 3 rings (SSSR count). The summed E-state index contributed by atoms with van der Waals surface area (Å²) in [4.78, 5) is 11.3. The predicted molar refractivity (Wildman–Crippen MR) is 113 cm³/mol. The lowest BCUT2D eigenvalue weighted by atomic mass is 9.87. The predicted octanol–water partition coefficient (Wildman–Crippen LogP) is 6.01. The first-order valence-corrected chi connectivity index (χ1v) is 10.2. The number of aryl methyl sites for hydroxylation is 2. The Morgan fingerprint density at radius 2 is 1.86 bits per heavy atom. The molecule has 29 heavy (non-hydrogen) atoms. The maximum Gasteiger partial charge on any atom is 0.405 e. The third-order valence-corrected chi connectivity index (χ3v) is 5.62. The van der Waals surface area contributed by atoms with Crippen molar-refractivity contribution in [3.8, 4) is 16.9 Å². The van der Waals surface area contributed by atoms with Gasteiger partial charge in [-0.1, -0.05) is 27.2 Å². The van der Waals surface area contributed by atoms with Crippen molar-refractivity contribution >= 4 is 6.09 Å². The standard InChI is InChI=1S/C24H30FNO3/c1-6-7-8-28-21-14(2)9-16(10-15(21)3)18-11-17-13-24(4,5)22(29-23(26)27)19(17)12-20(18)25/h9-12,22H,6-8,13H2,1-5H3,(H2,26,27). The minimum Gasteiger partial charge on any atom is -0.493 e. The van der Waals surface area contributed by atoms with Crippen molar-refractivity contribution < 1.29 is 18.7 Å². The number of halogens is 1. The van der Waals surface area contributed by atoms with Crippen LogP contribution in [0.5, 0.6) is 5.75 Å². The molecule has 5 heteroatoms. The van der Waals surface area contributed by atoms with Crippen molar-refractivity contribution in [2.75, 3.05) is 6.61 Å². The van der Waals surface area contributed by atoms with Gasteiger partial charge in [-0.05, 0) is 78.8 Å². The molecule has 1 aliphatic rings. The van der Waals surface area contributed by atoms with Crippen molar-refractivity contribution in [2.45, 2.75) is 60.0 Å². The third-order valence-electron chi connectivity index (χ3n) is 5.62. The van der Waals surface area contributed by atoms with E-state index in [1.807, 2.05) is 45.9 Å². The largest absolute Gasteiger partial charge is 0.493 e. The van der Waals surface area contributed by atoms with Crippen molar-refractivity contribution in [3.05, 3.63) is 52.3 Å². The van der Waals surface area contributed by atoms with Gasteiger partial charge in [0.25, 0.3) is 0 Å². The summed E-state index contributed by atoms with van der Waals surface area (Å²) >= 11 is 0. The van der Waals surface area contributed by atoms with Crippen molar-refractivity contribution in [1.82, 2.24) is 0 Å². The Morgan fingerprint density at radius 3 is 2.45 bits per heavy atom. The second-order valence-corrected chi connectivity index (χ2v) is 8.65. The molecule has 4 nitrogen and oxygen atoms in total. The fraction of sp³-hybridized carbons (Fsp3) is 0.458. The molecule has 156 valence electrons. The number of hydrogen-bond acceptors (Lipinski definition) is 3. The van der Waals surface area contributed by atoms with Crippen molar-refractivity contribution in [3.63, 3.8) is 0 Å². The van der Waals surface area contributed by atoms with Gasteiger partial charge in [0, 0.05) is 11.0 Å². The summed E-state index contributed by atoms with van der Waals surface area (Å²) in [5.74, 6) is 0.540. The smallest absolute Gasteiger partial charge is 0.405 e. The van der Waals surface area contributed by atoms with Crippen LogP contribution in [0.25, 0.3) is 11.1 Å². The number of rotatable bonds is 6. The van der Waals surface area contributed by atoms with Crippen LogP contribution in [0.4, 0.5) is 9.18 Å². The number of primary amides is 1. The Hall–Kier alpha value is -2.56. The second kappa shape index (κ2) is 8.05. The van der Waals surface area contributed by atoms with Crippen LogP contribution in [0.2, 0.25) is 0 Å². The zero-order valence-corrected chi connectivity index (χ0v) is 17.9. The minimum absolute atomic E-state index is 0.335. The average Bonchev–Trinajstić information content (AvgIpc) is 2.86. The number of amides is 1. The number of carbonyl (C=O) groups excluding carboxylic acids is 1. The second-order valence-electron chi connectivity index (χ2n) is 8.65. The summed E-state index contributed by atoms with van der Waals surface area (Å²) in [5.41, 5.74) is 9.92. The first kappa shape index (κ1) is 21.2. The highest BCUT2D eigenvalue weighted by molar-refractivity contribution is 5.70. The van der Waals surface area contributed by atoms with E-state index in [1.54, 1.807) is 0 Å². The molecule has 1 atom stereocenters. The van der Waals surface area contributed by atoms with Gasteiger partial charge < -0.3 is 15.2 Å². The molecule has 0 aromatic heterocycles. The number of ether oxygens (including phenoxy) is 2. The average molecular weight is 400 g/mol. The first-order valence-electron chi connectivity index (χ1n) is 10.2. The maximum absolute atomic E-state index is 15.1. The van der Waals surface area contributed by atoms with Gasteiger partial charge in [-0.2, -0.15) is 0 Å². The van der Waals surface area contributed by atoms with E-state index in [2.05, 4.69) is 6.92 Å². The van der Waals surface area contributed by atoms with Crippen LogP contribution >= 0.6 is 0 Å². The Labute approximate surface area is 172 Å². The summed E-state index contributed by atoms with van der Waals surface area (Å²) in [5, 5.41) is 0. The van der Waals surface area contributed by atoms with E-state index in [0.29, 0.717) is 24.2 Å². The van der Waals surface area contributed by atoms with E-state index in [9.17, 15) is 4.79 Å². The molecule has 2 N–H and O–H groups in total. The molecule has 0 fully saturated rings. The number of nitrogens with two attached hydrogens (primary N) is 1. The number of unbranched alkanes of at least 4 members (excludes halogenated alkanes) is 1. The normalized spacial score (nSPS) is 17.1. The van der Waals surface area contributed by atoms with E-state index in [-0.39, 0.29) is 11.2 Å². The van der Waals surface area contributed by atoms with Gasteiger partial charge in [-0.3, -0.25) is 0 Å². The Bertz CT molecular complexity index is 913. The molecule has 2 aromatic carbocycles. The van der Waals surface area contributed by atoms with Gasteiger partial charge >= 0.3 is 6.09 Å². The topological polar surface area (TPSA) is 61.6 Å². The van der Waals surface area contributed by atoms with Crippen LogP contribution in [0.15, 0.2) is 24.3 Å². The van der Waals surface area contributed by atoms with Crippen LogP contribution in [-0.4, -0.2) is 12.7 Å². The number of fused-ring (bicyclic) bond motifs is 1. The SMILES string of the molecule is CCCCOc1c(C)cc(-c2cc3c(cc2F)C(OC(N)=O)C(C)(C)C3)cc1C. The monoisotopic (exact) mass is 399 g/mol. The molecule has 0 saturated carbocycles. The van der Waals surface area contributed by atoms with Crippen LogP contribution in [-0.2, 0) is 11.2 Å². The van der Waals surface area contributed by atoms with E-state index in [4.69, 9.17) is 15.2 Å². The summed E-state index contributed by atoms with van der Waals surface area (Å²) in [6.07, 6.45) is 1.38. The zero-order chi connectivity index (χ0) is 21.3. The number of hydrogen-bond donors (Lipinski definition) is 1. The van der Waals surface area contributed by atoms with Gasteiger partial charge in [0.1, 0.15) is 17.7 Å². The molecule has 0 spiro atoms. The van der Waals surface area contributed by atoms with Crippen LogP contribution in [0.1, 0.15) is 62.0 Å². The maximum atomic E-state index is 15.1. The molecule has 1 amide bonds. The molecular weight excluding hydrogens is 369 g/mol. The lowest BCUT2D eigenvalue weighted by Crippen LogP contribution is -2.25. The van der Waals surface area contributed by atoms with Crippen molar-refractivity contribution in [2.24, 2.45) is 11.1 Å². The highest BCUT2D eigenvalue weighted by Gasteiger charge is 2.42. The molecule has 2 aromatic rings. The van der Waals surface area contributed by atoms with Gasteiger partial charge in [0.05, 0.1) is 6.61 Å². The molecular formula is C24H30FNO3. The van der Waals surface area contributed by atoms with Gasteiger partial charge in [-0.15, -0.1) is 0 Å². The quantitative estimate of drug-likeness (QED) is 0.605. The Morgan fingerprint density at radius 1 is 1.21 bits per heavy atom. The Kier molecular flexibility index (Phi) is 5.87. The van der Waals surface area contributed by atoms with Crippen LogP contribution < -0.4 is 10.5 Å². The molecule has 1 unspecified atom stereocenters. The highest BCUT2D eigenvalue weighted by atomic mass is 19.1. The number of benzene rings is 2. The van der Waals surface area contributed by atoms with E-state index >= 15 is 4.39 Å². The fourth-order valence-corrected chi connectivity index (χ4v) is 4.25. The zero-order valence-electron chi connectivity index (χ0n) is 17.9. The molecule has 0 heterocycles. The fourth-order valence-electron chi connectivity index (χ4n) is 4.25. The van der Waals surface area contributed by atoms with Crippen molar-refractivity contribution in [1.29, 1.82) is 0 Å².